The van der Waals surface area contributed by atoms with Crippen molar-refractivity contribution in [2.45, 2.75) is 77.0 Å². The van der Waals surface area contributed by atoms with Crippen LogP contribution in [0.15, 0.2) is 18.3 Å². The monoisotopic (exact) mass is 392 g/mol. The zero-order valence-electron chi connectivity index (χ0n) is 17.4. The Morgan fingerprint density at radius 3 is 2.41 bits per heavy atom. The van der Waals surface area contributed by atoms with Gasteiger partial charge < -0.3 is 9.33 Å². The second-order valence-corrected chi connectivity index (χ2v) is 14.2. The fraction of sp³-hybridized carbons (Fsp3) is 0.700. The molecule has 150 valence electrons. The van der Waals surface area contributed by atoms with Crippen LogP contribution in [-0.4, -0.2) is 42.1 Å². The predicted octanol–water partition coefficient (Wildman–Crippen LogP) is 5.03. The van der Waals surface area contributed by atoms with Crippen LogP contribution >= 0.6 is 0 Å². The molecule has 0 saturated carbocycles. The molecule has 0 N–H and O–H groups in total. The van der Waals surface area contributed by atoms with Crippen molar-refractivity contribution in [2.75, 3.05) is 18.1 Å². The van der Waals surface area contributed by atoms with Crippen molar-refractivity contribution in [2.24, 2.45) is 0 Å². The third kappa shape index (κ3) is 3.63. The molecule has 0 unspecified atom stereocenters. The molecule has 3 heterocycles. The van der Waals surface area contributed by atoms with E-state index in [2.05, 4.69) is 56.6 Å². The predicted molar refractivity (Wildman–Crippen MR) is 110 cm³/mol. The summed E-state index contributed by atoms with van der Waals surface area (Å²) in [7, 11) is -1.90. The summed E-state index contributed by atoms with van der Waals surface area (Å²) >= 11 is 0. The molecule has 2 aromatic rings. The Labute approximate surface area is 163 Å². The van der Waals surface area contributed by atoms with Crippen molar-refractivity contribution < 1.29 is 8.82 Å². The van der Waals surface area contributed by atoms with E-state index in [1.54, 1.807) is 10.5 Å². The molecule has 3 rings (SSSR count). The second-order valence-electron chi connectivity index (χ2n) is 8.69. The molecule has 1 atom stereocenters. The van der Waals surface area contributed by atoms with Gasteiger partial charge in [0.05, 0.1) is 12.6 Å². The molecular weight excluding hydrogens is 359 g/mol. The van der Waals surface area contributed by atoms with Crippen LogP contribution < -0.4 is 4.90 Å². The molecule has 1 aliphatic rings. The highest BCUT2D eigenvalue weighted by molar-refractivity contribution is 6.77. The first kappa shape index (κ1) is 20.3. The summed E-state index contributed by atoms with van der Waals surface area (Å²) in [4.78, 5) is 2.25. The number of aromatic nitrogens is 3. The minimum absolute atomic E-state index is 0.267. The van der Waals surface area contributed by atoms with Crippen LogP contribution in [0.2, 0.25) is 16.6 Å². The Balaban J connectivity index is 1.83. The van der Waals surface area contributed by atoms with Gasteiger partial charge in [0.25, 0.3) is 0 Å². The molecule has 1 fully saturated rings. The third-order valence-corrected chi connectivity index (χ3v) is 12.3. The Morgan fingerprint density at radius 1 is 1.11 bits per heavy atom. The largest absolute Gasteiger partial charge is 0.414 e. The minimum atomic E-state index is -1.90. The molecule has 0 bridgehead atoms. The minimum Gasteiger partial charge on any atom is -0.414 e. The molecule has 5 nitrogen and oxygen atoms in total. The number of hydrogen-bond donors (Lipinski definition) is 0. The van der Waals surface area contributed by atoms with Crippen LogP contribution in [0, 0.1) is 5.82 Å². The normalized spacial score (nSPS) is 18.6. The molecule has 7 heteroatoms. The fourth-order valence-electron chi connectivity index (χ4n) is 5.06. The standard InChI is InChI=1S/C20H33FN4OSi/c1-14(2)27(15(3)4,16(5)6)26-13-18-8-7-11-24(18)20-23-22-19-10-9-17(21)12-25(19)20/h9-10,12,14-16,18H,7-8,11,13H2,1-6H3/t18-/m0/s1. The van der Waals surface area contributed by atoms with Gasteiger partial charge in [0, 0.05) is 12.7 Å². The van der Waals surface area contributed by atoms with Gasteiger partial charge in [0.15, 0.2) is 14.0 Å². The smallest absolute Gasteiger partial charge is 0.232 e. The van der Waals surface area contributed by atoms with Gasteiger partial charge in [0.2, 0.25) is 5.95 Å². The molecule has 0 spiro atoms. The molecule has 2 aromatic heterocycles. The number of pyridine rings is 1. The van der Waals surface area contributed by atoms with Gasteiger partial charge in [0.1, 0.15) is 5.82 Å². The average molecular weight is 393 g/mol. The molecule has 27 heavy (non-hydrogen) atoms. The summed E-state index contributed by atoms with van der Waals surface area (Å²) in [6.45, 7) is 15.5. The number of nitrogens with zero attached hydrogens (tertiary/aromatic N) is 4. The molecule has 1 aliphatic heterocycles. The van der Waals surface area contributed by atoms with E-state index in [0.717, 1.165) is 25.3 Å². The fourth-order valence-corrected chi connectivity index (χ4v) is 10.5. The van der Waals surface area contributed by atoms with Crippen LogP contribution in [0.3, 0.4) is 0 Å². The highest BCUT2D eigenvalue weighted by Gasteiger charge is 2.46. The third-order valence-electron chi connectivity index (χ3n) is 6.22. The lowest BCUT2D eigenvalue weighted by Crippen LogP contribution is -2.50. The lowest BCUT2D eigenvalue weighted by Gasteiger charge is -2.43. The van der Waals surface area contributed by atoms with Gasteiger partial charge in [-0.2, -0.15) is 0 Å². The number of rotatable bonds is 7. The quantitative estimate of drug-likeness (QED) is 0.620. The van der Waals surface area contributed by atoms with E-state index >= 15 is 0 Å². The van der Waals surface area contributed by atoms with E-state index in [1.807, 2.05) is 0 Å². The SMILES string of the molecule is CC(C)[Si](OC[C@@H]1CCCN1c1nnc2ccc(F)cn12)(C(C)C)C(C)C. The summed E-state index contributed by atoms with van der Waals surface area (Å²) in [5.41, 5.74) is 2.37. The van der Waals surface area contributed by atoms with Crippen molar-refractivity contribution in [3.05, 3.63) is 24.1 Å². The van der Waals surface area contributed by atoms with Crippen molar-refractivity contribution in [1.29, 1.82) is 0 Å². The number of fused-ring (bicyclic) bond motifs is 1. The first-order chi connectivity index (χ1) is 12.8. The van der Waals surface area contributed by atoms with Gasteiger partial charge in [-0.3, -0.25) is 4.40 Å². The number of halogens is 1. The van der Waals surface area contributed by atoms with Crippen molar-refractivity contribution in [3.8, 4) is 0 Å². The topological polar surface area (TPSA) is 42.7 Å². The lowest BCUT2D eigenvalue weighted by atomic mass is 10.2. The van der Waals surface area contributed by atoms with Crippen LogP contribution in [0.25, 0.3) is 5.65 Å². The molecule has 0 radical (unpaired) electrons. The summed E-state index contributed by atoms with van der Waals surface area (Å²) < 4.78 is 22.3. The zero-order chi connectivity index (χ0) is 19.8. The average Bonchev–Trinajstić information content (AvgIpc) is 3.20. The van der Waals surface area contributed by atoms with Gasteiger partial charge in [-0.25, -0.2) is 4.39 Å². The molecule has 0 aliphatic carbocycles. The Morgan fingerprint density at radius 2 is 1.78 bits per heavy atom. The van der Waals surface area contributed by atoms with E-state index in [4.69, 9.17) is 4.43 Å². The van der Waals surface area contributed by atoms with Gasteiger partial charge in [-0.15, -0.1) is 10.2 Å². The highest BCUT2D eigenvalue weighted by Crippen LogP contribution is 2.42. The molecular formula is C20H33FN4OSi. The van der Waals surface area contributed by atoms with Gasteiger partial charge >= 0.3 is 0 Å². The van der Waals surface area contributed by atoms with E-state index in [9.17, 15) is 4.39 Å². The zero-order valence-corrected chi connectivity index (χ0v) is 18.4. The Hall–Kier alpha value is -1.47. The maximum absolute atomic E-state index is 13.7. The second kappa shape index (κ2) is 7.87. The first-order valence-electron chi connectivity index (χ1n) is 10.2. The molecule has 1 saturated heterocycles. The van der Waals surface area contributed by atoms with E-state index in [0.29, 0.717) is 28.9 Å². The maximum atomic E-state index is 13.7. The summed E-state index contributed by atoms with van der Waals surface area (Å²) in [5.74, 6) is 0.447. The van der Waals surface area contributed by atoms with Gasteiger partial charge in [-0.05, 0) is 41.6 Å². The van der Waals surface area contributed by atoms with Crippen LogP contribution in [0.5, 0.6) is 0 Å². The van der Waals surface area contributed by atoms with Gasteiger partial charge in [-0.1, -0.05) is 41.5 Å². The van der Waals surface area contributed by atoms with E-state index < -0.39 is 8.32 Å². The van der Waals surface area contributed by atoms with Crippen molar-refractivity contribution >= 4 is 19.9 Å². The molecule has 0 aromatic carbocycles. The number of anilines is 1. The van der Waals surface area contributed by atoms with E-state index in [1.165, 1.54) is 12.3 Å². The number of hydrogen-bond acceptors (Lipinski definition) is 4. The van der Waals surface area contributed by atoms with E-state index in [-0.39, 0.29) is 11.9 Å². The maximum Gasteiger partial charge on any atom is 0.232 e. The summed E-state index contributed by atoms with van der Waals surface area (Å²) in [5, 5.41) is 8.55. The Bertz CT molecular complexity index is 755. The molecule has 0 amide bonds. The van der Waals surface area contributed by atoms with Crippen molar-refractivity contribution in [1.82, 2.24) is 14.6 Å². The van der Waals surface area contributed by atoms with Crippen LogP contribution in [0.1, 0.15) is 54.4 Å². The Kier molecular flexibility index (Phi) is 5.91. The highest BCUT2D eigenvalue weighted by atomic mass is 28.4. The van der Waals surface area contributed by atoms with Crippen LogP contribution in [-0.2, 0) is 4.43 Å². The lowest BCUT2D eigenvalue weighted by molar-refractivity contribution is 0.253. The summed E-state index contributed by atoms with van der Waals surface area (Å²) in [6, 6.07) is 3.36. The summed E-state index contributed by atoms with van der Waals surface area (Å²) in [6.07, 6.45) is 3.64. The van der Waals surface area contributed by atoms with Crippen LogP contribution in [0.4, 0.5) is 10.3 Å². The van der Waals surface area contributed by atoms with Crippen molar-refractivity contribution in [3.63, 3.8) is 0 Å². The first-order valence-corrected chi connectivity index (χ1v) is 12.3.